The van der Waals surface area contributed by atoms with E-state index in [0.717, 1.165) is 17.1 Å². The van der Waals surface area contributed by atoms with Gasteiger partial charge in [-0.3, -0.25) is 0 Å². The van der Waals surface area contributed by atoms with Crippen molar-refractivity contribution >= 4 is 45.9 Å². The third-order valence-corrected chi connectivity index (χ3v) is 15.6. The van der Waals surface area contributed by atoms with Crippen molar-refractivity contribution in [1.82, 2.24) is 0 Å². The molecule has 266 valence electrons. The van der Waals surface area contributed by atoms with Crippen LogP contribution in [0, 0.1) is 0 Å². The molecule has 0 heterocycles. The normalized spacial score (nSPS) is 11.2. The molecule has 9 rings (SSSR count). The summed E-state index contributed by atoms with van der Waals surface area (Å²) in [7, 11) is -2.81. The number of nitrogens with zero attached hydrogens (tertiary/aromatic N) is 1. The maximum atomic E-state index is 2.49. The number of rotatable bonds is 10. The SMILES string of the molecule is c1ccc(-c2ccc(N(c3cccc([Si](c4ccccc4)(c4ccccc4)c4ccccc4)c3)c3c(-c4ccccc4)cccc3-c3ccccc3)cc2)cc1. The van der Waals surface area contributed by atoms with E-state index >= 15 is 0 Å². The molecule has 0 amide bonds. The van der Waals surface area contributed by atoms with Crippen LogP contribution in [0.25, 0.3) is 33.4 Å². The van der Waals surface area contributed by atoms with Gasteiger partial charge in [-0.1, -0.05) is 224 Å². The predicted molar refractivity (Wildman–Crippen MR) is 241 cm³/mol. The second-order valence-electron chi connectivity index (χ2n) is 14.1. The monoisotopic (exact) mass is 731 g/mol. The number of hydrogen-bond donors (Lipinski definition) is 0. The van der Waals surface area contributed by atoms with Crippen LogP contribution >= 0.6 is 0 Å². The van der Waals surface area contributed by atoms with Gasteiger partial charge >= 0.3 is 0 Å². The van der Waals surface area contributed by atoms with Crippen molar-refractivity contribution in [3.05, 3.63) is 249 Å². The van der Waals surface area contributed by atoms with Crippen molar-refractivity contribution in [2.24, 2.45) is 0 Å². The second-order valence-corrected chi connectivity index (χ2v) is 17.9. The van der Waals surface area contributed by atoms with Crippen molar-refractivity contribution < 1.29 is 0 Å². The van der Waals surface area contributed by atoms with E-state index in [9.17, 15) is 0 Å². The molecule has 56 heavy (non-hydrogen) atoms. The summed E-state index contributed by atoms with van der Waals surface area (Å²) in [5.41, 5.74) is 10.4. The van der Waals surface area contributed by atoms with E-state index < -0.39 is 8.07 Å². The smallest absolute Gasteiger partial charge is 0.179 e. The molecule has 0 spiro atoms. The van der Waals surface area contributed by atoms with Crippen LogP contribution in [0.3, 0.4) is 0 Å². The first kappa shape index (κ1) is 34.7. The first-order chi connectivity index (χ1) is 27.8. The molecule has 0 bridgehead atoms. The molecule has 9 aromatic rings. The molecule has 0 fully saturated rings. The molecule has 0 N–H and O–H groups in total. The van der Waals surface area contributed by atoms with Crippen molar-refractivity contribution in [3.8, 4) is 33.4 Å². The predicted octanol–water partition coefficient (Wildman–Crippen LogP) is 11.5. The van der Waals surface area contributed by atoms with Crippen LogP contribution in [0.5, 0.6) is 0 Å². The minimum atomic E-state index is -2.81. The van der Waals surface area contributed by atoms with Gasteiger partial charge in [0.05, 0.1) is 5.69 Å². The Hall–Kier alpha value is -7.00. The van der Waals surface area contributed by atoms with E-state index in [-0.39, 0.29) is 0 Å². The van der Waals surface area contributed by atoms with Gasteiger partial charge < -0.3 is 4.90 Å². The molecular weight excluding hydrogens is 691 g/mol. The molecule has 0 unspecified atom stereocenters. The van der Waals surface area contributed by atoms with E-state index in [1.165, 1.54) is 54.1 Å². The minimum Gasteiger partial charge on any atom is -0.309 e. The molecule has 0 saturated carbocycles. The van der Waals surface area contributed by atoms with Crippen LogP contribution < -0.4 is 25.6 Å². The summed E-state index contributed by atoms with van der Waals surface area (Å²) in [5.74, 6) is 0. The topological polar surface area (TPSA) is 3.24 Å². The Morgan fingerprint density at radius 1 is 0.250 bits per heavy atom. The Bertz CT molecular complexity index is 2490. The van der Waals surface area contributed by atoms with Gasteiger partial charge in [-0.05, 0) is 67.3 Å². The fraction of sp³-hybridized carbons (Fsp3) is 0. The maximum Gasteiger partial charge on any atom is 0.179 e. The van der Waals surface area contributed by atoms with Crippen LogP contribution in [0.4, 0.5) is 17.1 Å². The molecule has 0 atom stereocenters. The Morgan fingerprint density at radius 2 is 0.607 bits per heavy atom. The number of anilines is 3. The molecular formula is C54H41NSi. The summed E-state index contributed by atoms with van der Waals surface area (Å²) in [5, 5.41) is 5.37. The van der Waals surface area contributed by atoms with E-state index in [1.807, 2.05) is 0 Å². The lowest BCUT2D eigenvalue weighted by Crippen LogP contribution is -2.74. The summed E-state index contributed by atoms with van der Waals surface area (Å²) >= 11 is 0. The van der Waals surface area contributed by atoms with E-state index in [4.69, 9.17) is 0 Å². The molecule has 0 aliphatic heterocycles. The van der Waals surface area contributed by atoms with Gasteiger partial charge in [-0.25, -0.2) is 0 Å². The third kappa shape index (κ3) is 6.57. The van der Waals surface area contributed by atoms with Crippen LogP contribution in [0.1, 0.15) is 0 Å². The van der Waals surface area contributed by atoms with Gasteiger partial charge in [-0.2, -0.15) is 0 Å². The number of para-hydroxylation sites is 1. The summed E-state index contributed by atoms with van der Waals surface area (Å²) < 4.78 is 0. The zero-order valence-electron chi connectivity index (χ0n) is 31.1. The van der Waals surface area contributed by atoms with Gasteiger partial charge in [0.25, 0.3) is 0 Å². The van der Waals surface area contributed by atoms with Crippen LogP contribution in [-0.4, -0.2) is 8.07 Å². The van der Waals surface area contributed by atoms with E-state index in [2.05, 4.69) is 254 Å². The Labute approximate surface area is 331 Å². The average Bonchev–Trinajstić information content (AvgIpc) is 3.29. The zero-order valence-corrected chi connectivity index (χ0v) is 32.1. The van der Waals surface area contributed by atoms with Gasteiger partial charge in [0.15, 0.2) is 8.07 Å². The fourth-order valence-electron chi connectivity index (χ4n) is 8.27. The van der Waals surface area contributed by atoms with Gasteiger partial charge in [0.2, 0.25) is 0 Å². The van der Waals surface area contributed by atoms with Crippen molar-refractivity contribution in [1.29, 1.82) is 0 Å². The molecule has 0 aromatic heterocycles. The third-order valence-electron chi connectivity index (χ3n) is 10.8. The Balaban J connectivity index is 1.35. The van der Waals surface area contributed by atoms with Crippen LogP contribution in [0.15, 0.2) is 249 Å². The summed E-state index contributed by atoms with van der Waals surface area (Å²) in [6, 6.07) is 90.9. The molecule has 0 saturated heterocycles. The number of hydrogen-bond acceptors (Lipinski definition) is 1. The highest BCUT2D eigenvalue weighted by atomic mass is 28.3. The maximum absolute atomic E-state index is 2.81. The van der Waals surface area contributed by atoms with Crippen LogP contribution in [0.2, 0.25) is 0 Å². The lowest BCUT2D eigenvalue weighted by atomic mass is 9.94. The van der Waals surface area contributed by atoms with Gasteiger partial charge in [0.1, 0.15) is 0 Å². The van der Waals surface area contributed by atoms with Crippen molar-refractivity contribution in [3.63, 3.8) is 0 Å². The average molecular weight is 732 g/mol. The summed E-state index contributed by atoms with van der Waals surface area (Å²) in [6.45, 7) is 0. The summed E-state index contributed by atoms with van der Waals surface area (Å²) in [4.78, 5) is 2.49. The van der Waals surface area contributed by atoms with Crippen molar-refractivity contribution in [2.75, 3.05) is 4.90 Å². The zero-order chi connectivity index (χ0) is 37.6. The minimum absolute atomic E-state index is 1.09. The largest absolute Gasteiger partial charge is 0.309 e. The van der Waals surface area contributed by atoms with Crippen LogP contribution in [-0.2, 0) is 0 Å². The second kappa shape index (κ2) is 15.8. The van der Waals surface area contributed by atoms with E-state index in [0.29, 0.717) is 0 Å². The first-order valence-electron chi connectivity index (χ1n) is 19.3. The number of benzene rings is 9. The first-order valence-corrected chi connectivity index (χ1v) is 21.3. The molecule has 2 heteroatoms. The lowest BCUT2D eigenvalue weighted by Gasteiger charge is -2.36. The quantitative estimate of drug-likeness (QED) is 0.1000. The molecule has 0 aliphatic rings. The highest BCUT2D eigenvalue weighted by molar-refractivity contribution is 7.19. The Kier molecular flexibility index (Phi) is 9.78. The fourth-order valence-corrected chi connectivity index (χ4v) is 13.1. The lowest BCUT2D eigenvalue weighted by molar-refractivity contribution is 1.29. The van der Waals surface area contributed by atoms with Gasteiger partial charge in [-0.15, -0.1) is 0 Å². The van der Waals surface area contributed by atoms with Crippen molar-refractivity contribution in [2.45, 2.75) is 0 Å². The molecule has 9 aromatic carbocycles. The Morgan fingerprint density at radius 3 is 1.05 bits per heavy atom. The molecule has 0 aliphatic carbocycles. The standard InChI is InChI=1S/C54H41NSi/c1-7-21-42(22-8-1)43-37-39-46(40-38-43)55(54-52(44-23-9-2-10-24-44)35-20-36-53(54)45-25-11-3-12-26-45)47-27-19-34-51(41-47)56(48-28-13-4-14-29-48,49-30-15-5-16-31-49)50-32-17-6-18-33-50/h1-41H. The highest BCUT2D eigenvalue weighted by Gasteiger charge is 2.41. The highest BCUT2D eigenvalue weighted by Crippen LogP contribution is 2.46. The molecule has 1 nitrogen and oxygen atoms in total. The van der Waals surface area contributed by atoms with Gasteiger partial charge in [0, 0.05) is 22.5 Å². The summed E-state index contributed by atoms with van der Waals surface area (Å²) in [6.07, 6.45) is 0. The molecule has 0 radical (unpaired) electrons. The van der Waals surface area contributed by atoms with E-state index in [1.54, 1.807) is 0 Å².